The fourth-order valence-electron chi connectivity index (χ4n) is 1.98. The number of esters is 1. The Balaban J connectivity index is 2.11. The lowest BCUT2D eigenvalue weighted by molar-refractivity contribution is -0.145. The second kappa shape index (κ2) is 7.24. The number of aliphatic hydroxyl groups is 1. The molecule has 1 aliphatic carbocycles. The maximum absolute atomic E-state index is 11.1. The molecule has 1 rings (SSSR count). The molecule has 0 spiro atoms. The Morgan fingerprint density at radius 1 is 1.59 bits per heavy atom. The van der Waals surface area contributed by atoms with Gasteiger partial charge in [0.25, 0.3) is 0 Å². The van der Waals surface area contributed by atoms with Gasteiger partial charge in [-0.1, -0.05) is 6.42 Å². The summed E-state index contributed by atoms with van der Waals surface area (Å²) in [6, 6.07) is 0. The number of rotatable bonds is 8. The minimum atomic E-state index is -0.645. The molecule has 0 aromatic carbocycles. The highest BCUT2D eigenvalue weighted by Crippen LogP contribution is 2.42. The molecule has 1 aliphatic rings. The van der Waals surface area contributed by atoms with E-state index < -0.39 is 6.10 Å². The quantitative estimate of drug-likeness (QED) is 0.643. The number of hydrogen-bond donors (Lipinski definition) is 2. The predicted octanol–water partition coefficient (Wildman–Crippen LogP) is 1.18. The van der Waals surface area contributed by atoms with Gasteiger partial charge in [0.2, 0.25) is 0 Å². The van der Waals surface area contributed by atoms with E-state index in [1.807, 2.05) is 11.8 Å². The van der Waals surface area contributed by atoms with Crippen LogP contribution in [0, 0.1) is 0 Å². The largest absolute Gasteiger partial charge is 0.466 e. The summed E-state index contributed by atoms with van der Waals surface area (Å²) in [5.41, 5.74) is 0. The molecule has 1 unspecified atom stereocenters. The van der Waals surface area contributed by atoms with Crippen molar-refractivity contribution in [3.63, 3.8) is 0 Å². The van der Waals surface area contributed by atoms with Gasteiger partial charge < -0.3 is 15.2 Å². The van der Waals surface area contributed by atoms with Gasteiger partial charge in [0, 0.05) is 17.8 Å². The molecule has 2 N–H and O–H groups in total. The summed E-state index contributed by atoms with van der Waals surface area (Å²) in [6.45, 7) is 3.51. The van der Waals surface area contributed by atoms with Gasteiger partial charge in [0.1, 0.15) is 0 Å². The van der Waals surface area contributed by atoms with Crippen LogP contribution in [0.25, 0.3) is 0 Å². The lowest BCUT2D eigenvalue weighted by Gasteiger charge is -2.40. The average molecular weight is 261 g/mol. The molecule has 17 heavy (non-hydrogen) atoms. The van der Waals surface area contributed by atoms with Crippen molar-refractivity contribution in [2.45, 2.75) is 43.5 Å². The Labute approximate surface area is 107 Å². The zero-order valence-corrected chi connectivity index (χ0v) is 11.5. The van der Waals surface area contributed by atoms with E-state index in [1.54, 1.807) is 6.92 Å². The van der Waals surface area contributed by atoms with Crippen molar-refractivity contribution in [2.24, 2.45) is 0 Å². The summed E-state index contributed by atoms with van der Waals surface area (Å²) in [7, 11) is 0. The van der Waals surface area contributed by atoms with Crippen LogP contribution >= 0.6 is 11.8 Å². The van der Waals surface area contributed by atoms with Crippen molar-refractivity contribution in [3.8, 4) is 0 Å². The van der Waals surface area contributed by atoms with Gasteiger partial charge in [-0.15, -0.1) is 0 Å². The molecule has 1 saturated carbocycles. The first-order valence-corrected chi connectivity index (χ1v) is 7.44. The van der Waals surface area contributed by atoms with Crippen molar-refractivity contribution < 1.29 is 14.6 Å². The van der Waals surface area contributed by atoms with E-state index in [4.69, 9.17) is 4.74 Å². The molecule has 1 fully saturated rings. The van der Waals surface area contributed by atoms with Gasteiger partial charge in [-0.3, -0.25) is 4.79 Å². The van der Waals surface area contributed by atoms with Crippen LogP contribution in [-0.2, 0) is 9.53 Å². The smallest absolute Gasteiger partial charge is 0.308 e. The number of aliphatic hydroxyl groups excluding tert-OH is 1. The first-order valence-electron chi connectivity index (χ1n) is 6.21. The highest BCUT2D eigenvalue weighted by molar-refractivity contribution is 8.00. The summed E-state index contributed by atoms with van der Waals surface area (Å²) in [4.78, 5) is 11.1. The van der Waals surface area contributed by atoms with Gasteiger partial charge in [-0.2, -0.15) is 11.8 Å². The molecule has 0 amide bonds. The van der Waals surface area contributed by atoms with Gasteiger partial charge >= 0.3 is 5.97 Å². The van der Waals surface area contributed by atoms with Crippen molar-refractivity contribution in [3.05, 3.63) is 0 Å². The maximum Gasteiger partial charge on any atom is 0.308 e. The van der Waals surface area contributed by atoms with Crippen LogP contribution in [0.1, 0.15) is 32.6 Å². The number of thioether (sulfide) groups is 1. The summed E-state index contributed by atoms with van der Waals surface area (Å²) in [5.74, 6) is -0.329. The SMILES string of the molecule is CCOC(=O)CC(O)CNCC1(SC)CCC1. The third-order valence-corrected chi connectivity index (χ3v) is 4.65. The molecule has 0 aromatic rings. The first kappa shape index (κ1) is 14.8. The molecule has 0 heterocycles. The normalized spacial score (nSPS) is 19.5. The molecule has 0 saturated heterocycles. The van der Waals surface area contributed by atoms with Crippen LogP contribution in [0.3, 0.4) is 0 Å². The van der Waals surface area contributed by atoms with E-state index in [1.165, 1.54) is 19.3 Å². The van der Waals surface area contributed by atoms with Gasteiger partial charge in [-0.25, -0.2) is 0 Å². The average Bonchev–Trinajstić information content (AvgIpc) is 2.22. The number of nitrogens with one attached hydrogen (secondary N) is 1. The van der Waals surface area contributed by atoms with Crippen molar-refractivity contribution in [1.29, 1.82) is 0 Å². The minimum Gasteiger partial charge on any atom is -0.466 e. The minimum absolute atomic E-state index is 0.0765. The van der Waals surface area contributed by atoms with E-state index in [2.05, 4.69) is 11.6 Å². The van der Waals surface area contributed by atoms with Crippen molar-refractivity contribution in [1.82, 2.24) is 5.32 Å². The first-order chi connectivity index (χ1) is 8.12. The molecule has 100 valence electrons. The van der Waals surface area contributed by atoms with E-state index >= 15 is 0 Å². The van der Waals surface area contributed by atoms with E-state index in [-0.39, 0.29) is 12.4 Å². The lowest BCUT2D eigenvalue weighted by Crippen LogP contribution is -2.45. The Bertz CT molecular complexity index is 238. The monoisotopic (exact) mass is 261 g/mol. The Morgan fingerprint density at radius 3 is 2.76 bits per heavy atom. The Hall–Kier alpha value is -0.260. The molecule has 4 nitrogen and oxygen atoms in total. The van der Waals surface area contributed by atoms with Gasteiger partial charge in [-0.05, 0) is 26.0 Å². The molecular weight excluding hydrogens is 238 g/mol. The standard InChI is InChI=1S/C12H23NO3S/c1-3-16-11(15)7-10(14)8-13-9-12(17-2)5-4-6-12/h10,13-14H,3-9H2,1-2H3. The van der Waals surface area contributed by atoms with Crippen LogP contribution in [0.15, 0.2) is 0 Å². The number of carbonyl (C=O) groups excluding carboxylic acids is 1. The highest BCUT2D eigenvalue weighted by atomic mass is 32.2. The van der Waals surface area contributed by atoms with Gasteiger partial charge in [0.15, 0.2) is 0 Å². The lowest BCUT2D eigenvalue weighted by atomic mass is 9.84. The van der Waals surface area contributed by atoms with E-state index in [9.17, 15) is 9.90 Å². The molecule has 0 aromatic heterocycles. The van der Waals surface area contributed by atoms with Crippen LogP contribution in [-0.4, -0.2) is 47.9 Å². The molecule has 0 bridgehead atoms. The second-order valence-electron chi connectivity index (χ2n) is 4.53. The predicted molar refractivity (Wildman–Crippen MR) is 70.2 cm³/mol. The molecule has 0 aliphatic heterocycles. The Morgan fingerprint density at radius 2 is 2.29 bits per heavy atom. The molecule has 1 atom stereocenters. The van der Waals surface area contributed by atoms with Crippen molar-refractivity contribution >= 4 is 17.7 Å². The Kier molecular flexibility index (Phi) is 6.30. The molecule has 5 heteroatoms. The highest BCUT2D eigenvalue weighted by Gasteiger charge is 2.35. The fourth-order valence-corrected chi connectivity index (χ4v) is 2.92. The van der Waals surface area contributed by atoms with E-state index in [0.29, 0.717) is 17.9 Å². The maximum atomic E-state index is 11.1. The van der Waals surface area contributed by atoms with E-state index in [0.717, 1.165) is 6.54 Å². The number of carbonyl (C=O) groups is 1. The second-order valence-corrected chi connectivity index (χ2v) is 5.81. The van der Waals surface area contributed by atoms with Crippen LogP contribution in [0.5, 0.6) is 0 Å². The molecular formula is C12H23NO3S. The third kappa shape index (κ3) is 4.85. The topological polar surface area (TPSA) is 58.6 Å². The molecule has 0 radical (unpaired) electrons. The fraction of sp³-hybridized carbons (Fsp3) is 0.917. The van der Waals surface area contributed by atoms with Crippen LogP contribution in [0.4, 0.5) is 0 Å². The zero-order valence-electron chi connectivity index (χ0n) is 10.7. The third-order valence-electron chi connectivity index (χ3n) is 3.23. The van der Waals surface area contributed by atoms with Crippen LogP contribution in [0.2, 0.25) is 0 Å². The zero-order chi connectivity index (χ0) is 12.7. The van der Waals surface area contributed by atoms with Gasteiger partial charge in [0.05, 0.1) is 19.1 Å². The van der Waals surface area contributed by atoms with Crippen molar-refractivity contribution in [2.75, 3.05) is 26.0 Å². The number of ether oxygens (including phenoxy) is 1. The summed E-state index contributed by atoms with van der Waals surface area (Å²) in [6.07, 6.45) is 5.36. The number of hydrogen-bond acceptors (Lipinski definition) is 5. The summed E-state index contributed by atoms with van der Waals surface area (Å²) >= 11 is 1.90. The summed E-state index contributed by atoms with van der Waals surface area (Å²) in [5, 5.41) is 12.9. The van der Waals surface area contributed by atoms with Crippen LogP contribution < -0.4 is 5.32 Å². The summed E-state index contributed by atoms with van der Waals surface area (Å²) < 4.78 is 5.15.